The molecule has 0 atom stereocenters. The molecule has 8 heteroatoms. The molecular weight excluding hydrogens is 373 g/mol. The van der Waals surface area contributed by atoms with Crippen LogP contribution in [0.25, 0.3) is 10.9 Å². The molecule has 0 radical (unpaired) electrons. The zero-order chi connectivity index (χ0) is 20.0. The van der Waals surface area contributed by atoms with E-state index in [-0.39, 0.29) is 18.4 Å². The second-order valence-electron chi connectivity index (χ2n) is 7.48. The van der Waals surface area contributed by atoms with Crippen molar-refractivity contribution in [1.29, 1.82) is 0 Å². The lowest BCUT2D eigenvalue weighted by atomic mass is 10.1. The quantitative estimate of drug-likeness (QED) is 0.714. The molecule has 148 valence electrons. The number of halogens is 1. The average molecular weight is 393 g/mol. The number of carbonyl (C=O) groups is 2. The topological polar surface area (TPSA) is 81.3 Å². The molecule has 3 aromatic rings. The highest BCUT2D eigenvalue weighted by atomic mass is 19.1. The molecule has 1 saturated heterocycles. The van der Waals surface area contributed by atoms with Gasteiger partial charge in [-0.15, -0.1) is 0 Å². The maximum absolute atomic E-state index is 13.8. The number of hydrogen-bond donors (Lipinski definition) is 2. The summed E-state index contributed by atoms with van der Waals surface area (Å²) < 4.78 is 13.8. The van der Waals surface area contributed by atoms with Gasteiger partial charge >= 0.3 is 0 Å². The van der Waals surface area contributed by atoms with Crippen molar-refractivity contribution in [2.45, 2.75) is 19.4 Å². The van der Waals surface area contributed by atoms with Crippen molar-refractivity contribution in [3.05, 3.63) is 53.5 Å². The molecule has 29 heavy (non-hydrogen) atoms. The summed E-state index contributed by atoms with van der Waals surface area (Å²) in [5.41, 5.74) is 3.28. The molecule has 0 saturated carbocycles. The highest BCUT2D eigenvalue weighted by Gasteiger charge is 2.32. The van der Waals surface area contributed by atoms with Crippen LogP contribution < -0.4 is 5.32 Å². The lowest BCUT2D eigenvalue weighted by molar-refractivity contribution is -0.130. The minimum absolute atomic E-state index is 0.000880. The van der Waals surface area contributed by atoms with Crippen LogP contribution in [-0.4, -0.2) is 51.4 Å². The van der Waals surface area contributed by atoms with Crippen LogP contribution in [0.15, 0.2) is 36.4 Å². The zero-order valence-electron chi connectivity index (χ0n) is 15.7. The van der Waals surface area contributed by atoms with E-state index in [4.69, 9.17) is 0 Å². The number of benzene rings is 2. The number of carbonyl (C=O) groups excluding carboxylic acids is 2. The van der Waals surface area contributed by atoms with Gasteiger partial charge in [0, 0.05) is 25.3 Å². The number of likely N-dealkylation sites (tertiary alicyclic amines) is 1. The van der Waals surface area contributed by atoms with Gasteiger partial charge in [-0.2, -0.15) is 9.49 Å². The van der Waals surface area contributed by atoms with Crippen LogP contribution in [0.4, 0.5) is 15.8 Å². The molecule has 2 aliphatic rings. The van der Waals surface area contributed by atoms with E-state index in [0.717, 1.165) is 31.5 Å². The van der Waals surface area contributed by atoms with Crippen LogP contribution in [0, 0.1) is 5.95 Å². The Labute approximate surface area is 166 Å². The van der Waals surface area contributed by atoms with Gasteiger partial charge in [0.05, 0.1) is 22.2 Å². The summed E-state index contributed by atoms with van der Waals surface area (Å²) >= 11 is 0. The molecule has 7 nitrogen and oxygen atoms in total. The summed E-state index contributed by atoms with van der Waals surface area (Å²) in [5.74, 6) is -0.658. The summed E-state index contributed by atoms with van der Waals surface area (Å²) in [6.45, 7) is 2.05. The predicted octanol–water partition coefficient (Wildman–Crippen LogP) is 3.02. The number of hydrogen-bond acceptors (Lipinski definition) is 4. The van der Waals surface area contributed by atoms with Crippen LogP contribution in [0.3, 0.4) is 0 Å². The summed E-state index contributed by atoms with van der Waals surface area (Å²) in [7, 11) is 0. The van der Waals surface area contributed by atoms with E-state index in [2.05, 4.69) is 15.5 Å². The van der Waals surface area contributed by atoms with E-state index in [1.54, 1.807) is 23.1 Å². The number of aromatic amines is 1. The predicted molar refractivity (Wildman–Crippen MR) is 106 cm³/mol. The van der Waals surface area contributed by atoms with E-state index in [1.807, 2.05) is 23.1 Å². The van der Waals surface area contributed by atoms with Crippen molar-refractivity contribution >= 4 is 34.1 Å². The summed E-state index contributed by atoms with van der Waals surface area (Å²) in [6.07, 6.45) is 2.05. The highest BCUT2D eigenvalue weighted by molar-refractivity contribution is 6.05. The minimum atomic E-state index is -0.496. The fourth-order valence-electron chi connectivity index (χ4n) is 4.09. The molecule has 1 aromatic heterocycles. The third-order valence-electron chi connectivity index (χ3n) is 5.58. The maximum atomic E-state index is 13.8. The van der Waals surface area contributed by atoms with Crippen molar-refractivity contribution in [3.8, 4) is 0 Å². The van der Waals surface area contributed by atoms with Crippen molar-refractivity contribution in [1.82, 2.24) is 20.0 Å². The number of rotatable bonds is 4. The van der Waals surface area contributed by atoms with Crippen LogP contribution in [0.5, 0.6) is 0 Å². The average Bonchev–Trinajstić information content (AvgIpc) is 3.44. The van der Waals surface area contributed by atoms with E-state index < -0.39 is 5.95 Å². The Hall–Kier alpha value is -3.42. The van der Waals surface area contributed by atoms with Crippen LogP contribution in [0.2, 0.25) is 0 Å². The van der Waals surface area contributed by atoms with Gasteiger partial charge in [-0.05, 0) is 42.7 Å². The second kappa shape index (κ2) is 6.88. The number of nitrogens with zero attached hydrogens (tertiary/aromatic N) is 3. The number of amides is 2. The van der Waals surface area contributed by atoms with E-state index in [9.17, 15) is 14.0 Å². The molecule has 2 aliphatic heterocycles. The molecule has 2 N–H and O–H groups in total. The molecule has 2 aromatic carbocycles. The summed E-state index contributed by atoms with van der Waals surface area (Å²) in [4.78, 5) is 28.9. The van der Waals surface area contributed by atoms with Crippen molar-refractivity contribution in [3.63, 3.8) is 0 Å². The molecule has 5 rings (SSSR count). The summed E-state index contributed by atoms with van der Waals surface area (Å²) in [6, 6.07) is 10.7. The molecule has 0 spiro atoms. The first kappa shape index (κ1) is 17.7. The minimum Gasteiger partial charge on any atom is -0.355 e. The fourth-order valence-corrected chi connectivity index (χ4v) is 4.09. The Kier molecular flexibility index (Phi) is 4.19. The van der Waals surface area contributed by atoms with Crippen LogP contribution >= 0.6 is 0 Å². The highest BCUT2D eigenvalue weighted by Crippen LogP contribution is 2.32. The Balaban J connectivity index is 1.39. The molecule has 0 unspecified atom stereocenters. The zero-order valence-corrected chi connectivity index (χ0v) is 15.7. The Morgan fingerprint density at radius 1 is 1.21 bits per heavy atom. The molecule has 3 heterocycles. The standard InChI is InChI=1S/C21H20FN5O2/c22-20-15-10-14(6-7-16(15)24-25-20)23-17-5-3-4-13-11-27(21(29)19(13)17)12-18(28)26-8-1-2-9-26/h3-7,10,23H,1-2,8-9,11-12H2,(H,24,25). The summed E-state index contributed by atoms with van der Waals surface area (Å²) in [5, 5.41) is 9.81. The molecule has 1 fully saturated rings. The van der Waals surface area contributed by atoms with Gasteiger partial charge in [0.25, 0.3) is 5.91 Å². The fraction of sp³-hybridized carbons (Fsp3) is 0.286. The largest absolute Gasteiger partial charge is 0.355 e. The number of anilines is 2. The third kappa shape index (κ3) is 3.10. The molecule has 0 bridgehead atoms. The van der Waals surface area contributed by atoms with Crippen molar-refractivity contribution in [2.24, 2.45) is 0 Å². The van der Waals surface area contributed by atoms with E-state index in [0.29, 0.717) is 34.4 Å². The van der Waals surface area contributed by atoms with Gasteiger partial charge in [-0.1, -0.05) is 12.1 Å². The van der Waals surface area contributed by atoms with Crippen molar-refractivity contribution in [2.75, 3.05) is 25.0 Å². The van der Waals surface area contributed by atoms with Gasteiger partial charge in [0.15, 0.2) is 0 Å². The van der Waals surface area contributed by atoms with Gasteiger partial charge < -0.3 is 15.1 Å². The van der Waals surface area contributed by atoms with Gasteiger partial charge in [-0.3, -0.25) is 14.7 Å². The third-order valence-corrected chi connectivity index (χ3v) is 5.58. The lowest BCUT2D eigenvalue weighted by Crippen LogP contribution is -2.39. The molecular formula is C21H20FN5O2. The smallest absolute Gasteiger partial charge is 0.257 e. The van der Waals surface area contributed by atoms with Gasteiger partial charge in [0.2, 0.25) is 11.9 Å². The van der Waals surface area contributed by atoms with Crippen LogP contribution in [-0.2, 0) is 11.3 Å². The maximum Gasteiger partial charge on any atom is 0.257 e. The number of nitrogens with one attached hydrogen (secondary N) is 2. The molecule has 2 amide bonds. The lowest BCUT2D eigenvalue weighted by Gasteiger charge is -2.20. The number of fused-ring (bicyclic) bond motifs is 2. The van der Waals surface area contributed by atoms with Crippen molar-refractivity contribution < 1.29 is 14.0 Å². The monoisotopic (exact) mass is 393 g/mol. The first-order valence-corrected chi connectivity index (χ1v) is 9.70. The van der Waals surface area contributed by atoms with Gasteiger partial charge in [-0.25, -0.2) is 0 Å². The second-order valence-corrected chi connectivity index (χ2v) is 7.48. The Bertz CT molecular complexity index is 1120. The normalized spacial score (nSPS) is 16.0. The first-order valence-electron chi connectivity index (χ1n) is 9.70. The molecule has 0 aliphatic carbocycles. The van der Waals surface area contributed by atoms with Gasteiger partial charge in [0.1, 0.15) is 6.54 Å². The Morgan fingerprint density at radius 2 is 2.03 bits per heavy atom. The SMILES string of the molecule is O=C(CN1Cc2cccc(Nc3ccc4n[nH]c(F)c4c3)c2C1=O)N1CCCC1. The first-order chi connectivity index (χ1) is 14.1. The van der Waals surface area contributed by atoms with E-state index in [1.165, 1.54) is 0 Å². The number of H-pyrrole nitrogens is 1. The van der Waals surface area contributed by atoms with Crippen LogP contribution in [0.1, 0.15) is 28.8 Å². The Morgan fingerprint density at radius 3 is 2.86 bits per heavy atom. The van der Waals surface area contributed by atoms with E-state index >= 15 is 0 Å². The number of aromatic nitrogens is 2.